The van der Waals surface area contributed by atoms with Crippen molar-refractivity contribution in [1.82, 2.24) is 10.5 Å². The number of amides is 1. The van der Waals surface area contributed by atoms with Crippen molar-refractivity contribution >= 4 is 17.5 Å². The number of carbonyl (C=O) groups is 1. The van der Waals surface area contributed by atoms with E-state index in [0.29, 0.717) is 31.5 Å². The Bertz CT molecular complexity index is 332. The number of aryl methyl sites for hydroxylation is 1. The number of aliphatic hydroxyl groups is 1. The predicted octanol–water partition coefficient (Wildman–Crippen LogP) is 1.07. The van der Waals surface area contributed by atoms with E-state index in [1.54, 1.807) is 6.92 Å². The largest absolute Gasteiger partial charge is 0.396 e. The summed E-state index contributed by atoms with van der Waals surface area (Å²) in [6, 6.07) is 0. The summed E-state index contributed by atoms with van der Waals surface area (Å²) in [5.74, 6) is -0.0647. The molecular formula is C10H15ClN2O3. The minimum Gasteiger partial charge on any atom is -0.396 e. The van der Waals surface area contributed by atoms with E-state index in [-0.39, 0.29) is 17.7 Å². The van der Waals surface area contributed by atoms with Gasteiger partial charge in [0.05, 0.1) is 5.69 Å². The van der Waals surface area contributed by atoms with Crippen molar-refractivity contribution in [2.24, 2.45) is 0 Å². The summed E-state index contributed by atoms with van der Waals surface area (Å²) in [7, 11) is 0. The van der Waals surface area contributed by atoms with Gasteiger partial charge >= 0.3 is 0 Å². The Morgan fingerprint density at radius 1 is 1.62 bits per heavy atom. The number of aliphatic hydroxyl groups excluding tert-OH is 1. The number of aromatic nitrogens is 1. The van der Waals surface area contributed by atoms with E-state index in [2.05, 4.69) is 10.5 Å². The average molecular weight is 247 g/mol. The van der Waals surface area contributed by atoms with Crippen molar-refractivity contribution in [2.75, 3.05) is 13.2 Å². The van der Waals surface area contributed by atoms with Crippen LogP contribution in [0.15, 0.2) is 4.52 Å². The highest BCUT2D eigenvalue weighted by molar-refractivity contribution is 6.29. The maximum Gasteiger partial charge on any atom is 0.229 e. The molecule has 0 fully saturated rings. The number of hydrogen-bond donors (Lipinski definition) is 2. The van der Waals surface area contributed by atoms with Gasteiger partial charge in [0.2, 0.25) is 11.1 Å². The second-order valence-corrected chi connectivity index (χ2v) is 3.79. The van der Waals surface area contributed by atoms with E-state index >= 15 is 0 Å². The van der Waals surface area contributed by atoms with Crippen LogP contribution < -0.4 is 5.32 Å². The minimum absolute atomic E-state index is 0.0647. The fraction of sp³-hybridized carbons (Fsp3) is 0.600. The fourth-order valence-corrected chi connectivity index (χ4v) is 1.54. The molecule has 0 saturated heterocycles. The van der Waals surface area contributed by atoms with Crippen LogP contribution >= 0.6 is 11.6 Å². The lowest BCUT2D eigenvalue weighted by Gasteiger charge is -2.03. The molecule has 0 aromatic carbocycles. The molecule has 1 aromatic heterocycles. The van der Waals surface area contributed by atoms with E-state index in [1.165, 1.54) is 0 Å². The maximum absolute atomic E-state index is 11.3. The van der Waals surface area contributed by atoms with E-state index in [4.69, 9.17) is 21.2 Å². The second-order valence-electron chi connectivity index (χ2n) is 3.45. The first-order chi connectivity index (χ1) is 7.65. The second kappa shape index (κ2) is 6.50. The molecule has 0 spiro atoms. The van der Waals surface area contributed by atoms with Gasteiger partial charge in [-0.3, -0.25) is 4.79 Å². The van der Waals surface area contributed by atoms with Gasteiger partial charge in [-0.1, -0.05) is 5.16 Å². The van der Waals surface area contributed by atoms with Crippen molar-refractivity contribution in [2.45, 2.75) is 26.2 Å². The summed E-state index contributed by atoms with van der Waals surface area (Å²) in [6.45, 7) is 2.36. The lowest BCUT2D eigenvalue weighted by Crippen LogP contribution is -2.25. The Hall–Kier alpha value is -1.07. The molecule has 1 aromatic rings. The van der Waals surface area contributed by atoms with Crippen LogP contribution in [0.3, 0.4) is 0 Å². The maximum atomic E-state index is 11.3. The van der Waals surface area contributed by atoms with Crippen LogP contribution in [0.4, 0.5) is 0 Å². The van der Waals surface area contributed by atoms with Crippen LogP contribution in [0.5, 0.6) is 0 Å². The topological polar surface area (TPSA) is 75.4 Å². The smallest absolute Gasteiger partial charge is 0.229 e. The van der Waals surface area contributed by atoms with Crippen molar-refractivity contribution < 1.29 is 14.4 Å². The minimum atomic E-state index is -0.0647. The first-order valence-corrected chi connectivity index (χ1v) is 5.51. The van der Waals surface area contributed by atoms with Gasteiger partial charge in [0, 0.05) is 25.1 Å². The Kier molecular flexibility index (Phi) is 5.28. The summed E-state index contributed by atoms with van der Waals surface area (Å²) in [5, 5.41) is 15.2. The summed E-state index contributed by atoms with van der Waals surface area (Å²) in [4.78, 5) is 11.3. The third-order valence-electron chi connectivity index (χ3n) is 2.20. The Balaban J connectivity index is 2.32. The Morgan fingerprint density at radius 2 is 2.38 bits per heavy atom. The molecule has 0 radical (unpaired) electrons. The number of carbonyl (C=O) groups excluding carboxylic acids is 1. The third-order valence-corrected chi connectivity index (χ3v) is 2.49. The molecule has 90 valence electrons. The zero-order valence-corrected chi connectivity index (χ0v) is 9.88. The molecule has 5 nitrogen and oxygen atoms in total. The molecule has 1 amide bonds. The molecule has 2 N–H and O–H groups in total. The van der Waals surface area contributed by atoms with Gasteiger partial charge in [0.15, 0.2) is 0 Å². The first-order valence-electron chi connectivity index (χ1n) is 5.13. The average Bonchev–Trinajstić information content (AvgIpc) is 2.57. The van der Waals surface area contributed by atoms with Gasteiger partial charge in [-0.15, -0.1) is 0 Å². The summed E-state index contributed by atoms with van der Waals surface area (Å²) in [6.07, 6.45) is 1.42. The molecule has 0 aliphatic rings. The SMILES string of the molecule is Cc1noc(Cl)c1CCC(=O)NCCCO. The molecule has 0 saturated carbocycles. The molecule has 6 heteroatoms. The number of nitrogens with one attached hydrogen (secondary N) is 1. The number of halogens is 1. The van der Waals surface area contributed by atoms with E-state index in [0.717, 1.165) is 5.56 Å². The van der Waals surface area contributed by atoms with Gasteiger partial charge in [-0.2, -0.15) is 0 Å². The van der Waals surface area contributed by atoms with Crippen LogP contribution in [-0.4, -0.2) is 29.3 Å². The van der Waals surface area contributed by atoms with Crippen LogP contribution in [0.1, 0.15) is 24.1 Å². The fourth-order valence-electron chi connectivity index (χ4n) is 1.27. The Morgan fingerprint density at radius 3 is 2.94 bits per heavy atom. The molecule has 0 aliphatic carbocycles. The zero-order valence-electron chi connectivity index (χ0n) is 9.12. The number of rotatable bonds is 6. The van der Waals surface area contributed by atoms with Crippen molar-refractivity contribution in [3.05, 3.63) is 16.5 Å². The standard InChI is InChI=1S/C10H15ClN2O3/c1-7-8(10(11)16-13-7)3-4-9(15)12-5-2-6-14/h14H,2-6H2,1H3,(H,12,15). The molecular weight excluding hydrogens is 232 g/mol. The number of hydrogen-bond acceptors (Lipinski definition) is 4. The van der Waals surface area contributed by atoms with Crippen LogP contribution in [-0.2, 0) is 11.2 Å². The highest BCUT2D eigenvalue weighted by atomic mass is 35.5. The highest BCUT2D eigenvalue weighted by Crippen LogP contribution is 2.20. The first kappa shape index (κ1) is 13.0. The van der Waals surface area contributed by atoms with E-state index in [1.807, 2.05) is 0 Å². The monoisotopic (exact) mass is 246 g/mol. The quantitative estimate of drug-likeness (QED) is 0.737. The summed E-state index contributed by atoms with van der Waals surface area (Å²) in [5.41, 5.74) is 1.49. The van der Waals surface area contributed by atoms with Crippen molar-refractivity contribution in [3.8, 4) is 0 Å². The van der Waals surface area contributed by atoms with Gasteiger partial charge in [-0.25, -0.2) is 0 Å². The predicted molar refractivity (Wildman–Crippen MR) is 59.3 cm³/mol. The van der Waals surface area contributed by atoms with Crippen LogP contribution in [0, 0.1) is 6.92 Å². The highest BCUT2D eigenvalue weighted by Gasteiger charge is 2.12. The van der Waals surface area contributed by atoms with Crippen molar-refractivity contribution in [3.63, 3.8) is 0 Å². The molecule has 0 bridgehead atoms. The number of nitrogens with zero attached hydrogens (tertiary/aromatic N) is 1. The molecule has 0 atom stereocenters. The van der Waals surface area contributed by atoms with E-state index in [9.17, 15) is 4.79 Å². The molecule has 1 rings (SSSR count). The van der Waals surface area contributed by atoms with E-state index < -0.39 is 0 Å². The zero-order chi connectivity index (χ0) is 12.0. The van der Waals surface area contributed by atoms with Crippen LogP contribution in [0.25, 0.3) is 0 Å². The lowest BCUT2D eigenvalue weighted by atomic mass is 10.1. The van der Waals surface area contributed by atoms with Crippen LogP contribution in [0.2, 0.25) is 5.22 Å². The lowest BCUT2D eigenvalue weighted by molar-refractivity contribution is -0.121. The molecule has 0 aliphatic heterocycles. The van der Waals surface area contributed by atoms with Gasteiger partial charge < -0.3 is 14.9 Å². The normalized spacial score (nSPS) is 10.4. The van der Waals surface area contributed by atoms with Gasteiger partial charge in [0.25, 0.3) is 0 Å². The Labute approximate surface area is 98.8 Å². The molecule has 1 heterocycles. The van der Waals surface area contributed by atoms with Gasteiger partial charge in [0.1, 0.15) is 0 Å². The summed E-state index contributed by atoms with van der Waals surface area (Å²) >= 11 is 5.76. The van der Waals surface area contributed by atoms with Crippen molar-refractivity contribution in [1.29, 1.82) is 0 Å². The molecule has 0 unspecified atom stereocenters. The summed E-state index contributed by atoms with van der Waals surface area (Å²) < 4.78 is 4.78. The van der Waals surface area contributed by atoms with Gasteiger partial charge in [-0.05, 0) is 31.4 Å². The third kappa shape index (κ3) is 3.83. The molecule has 16 heavy (non-hydrogen) atoms.